The van der Waals surface area contributed by atoms with Crippen LogP contribution in [0, 0.1) is 0 Å². The third kappa shape index (κ3) is 3.50. The number of alkyl halides is 3. The standard InChI is InChI=1S/C11H7BrClF3N2O2/c12-6-3-5(1-2-7(6)13)10-17-9(20-18-10)4-8(19)11(14,15)16/h1-3,8,19H,4H2. The molecule has 0 amide bonds. The lowest BCUT2D eigenvalue weighted by atomic mass is 10.2. The molecule has 0 saturated heterocycles. The molecule has 0 spiro atoms. The molecule has 1 unspecified atom stereocenters. The molecule has 0 saturated carbocycles. The van der Waals surface area contributed by atoms with Crippen molar-refractivity contribution >= 4 is 27.5 Å². The van der Waals surface area contributed by atoms with E-state index in [0.29, 0.717) is 15.1 Å². The normalized spacial score (nSPS) is 13.5. The van der Waals surface area contributed by atoms with E-state index in [9.17, 15) is 13.2 Å². The smallest absolute Gasteiger partial charge is 0.383 e. The lowest BCUT2D eigenvalue weighted by molar-refractivity contribution is -0.204. The maximum atomic E-state index is 12.2. The molecule has 20 heavy (non-hydrogen) atoms. The molecule has 1 atom stereocenters. The topological polar surface area (TPSA) is 59.2 Å². The van der Waals surface area contributed by atoms with Crippen LogP contribution in [0.2, 0.25) is 5.02 Å². The summed E-state index contributed by atoms with van der Waals surface area (Å²) < 4.78 is 41.9. The predicted molar refractivity (Wildman–Crippen MR) is 68.2 cm³/mol. The van der Waals surface area contributed by atoms with E-state index in [1.54, 1.807) is 18.2 Å². The SMILES string of the molecule is OC(Cc1nc(-c2ccc(Cl)c(Br)c2)no1)C(F)(F)F. The average Bonchev–Trinajstić information content (AvgIpc) is 2.80. The maximum absolute atomic E-state index is 12.2. The van der Waals surface area contributed by atoms with Gasteiger partial charge in [0.15, 0.2) is 6.10 Å². The summed E-state index contributed by atoms with van der Waals surface area (Å²) in [7, 11) is 0. The van der Waals surface area contributed by atoms with E-state index in [-0.39, 0.29) is 11.7 Å². The molecule has 0 bridgehead atoms. The van der Waals surface area contributed by atoms with Gasteiger partial charge in [0.25, 0.3) is 0 Å². The van der Waals surface area contributed by atoms with E-state index in [2.05, 4.69) is 30.6 Å². The molecule has 2 aromatic rings. The van der Waals surface area contributed by atoms with Crippen LogP contribution in [-0.2, 0) is 6.42 Å². The summed E-state index contributed by atoms with van der Waals surface area (Å²) in [6.07, 6.45) is -8.05. The van der Waals surface area contributed by atoms with Crippen LogP contribution in [0.3, 0.4) is 0 Å². The van der Waals surface area contributed by atoms with Gasteiger partial charge in [-0.1, -0.05) is 16.8 Å². The van der Waals surface area contributed by atoms with Crippen LogP contribution < -0.4 is 0 Å². The molecule has 2 rings (SSSR count). The first kappa shape index (κ1) is 15.3. The number of aromatic nitrogens is 2. The predicted octanol–water partition coefficient (Wildman–Crippen LogP) is 3.62. The zero-order valence-electron chi connectivity index (χ0n) is 9.66. The van der Waals surface area contributed by atoms with Gasteiger partial charge in [0.05, 0.1) is 11.4 Å². The molecule has 4 nitrogen and oxygen atoms in total. The van der Waals surface area contributed by atoms with Gasteiger partial charge in [0, 0.05) is 10.0 Å². The molecule has 0 aliphatic heterocycles. The number of aliphatic hydroxyl groups is 1. The molecule has 0 fully saturated rings. The van der Waals surface area contributed by atoms with Crippen LogP contribution in [0.25, 0.3) is 11.4 Å². The Balaban J connectivity index is 2.18. The molecule has 1 N–H and O–H groups in total. The molecular weight excluding hydrogens is 364 g/mol. The lowest BCUT2D eigenvalue weighted by Gasteiger charge is -2.11. The van der Waals surface area contributed by atoms with Crippen molar-refractivity contribution in [2.24, 2.45) is 0 Å². The van der Waals surface area contributed by atoms with Gasteiger partial charge in [0.1, 0.15) is 0 Å². The van der Waals surface area contributed by atoms with E-state index in [4.69, 9.17) is 16.7 Å². The zero-order valence-corrected chi connectivity index (χ0v) is 12.0. The number of benzene rings is 1. The number of hydrogen-bond acceptors (Lipinski definition) is 4. The maximum Gasteiger partial charge on any atom is 0.414 e. The Kier molecular flexibility index (Phi) is 4.36. The Morgan fingerprint density at radius 3 is 2.70 bits per heavy atom. The van der Waals surface area contributed by atoms with Crippen LogP contribution in [0.5, 0.6) is 0 Å². The molecule has 0 aliphatic rings. The first-order valence-corrected chi connectivity index (χ1v) is 6.47. The minimum atomic E-state index is -4.72. The van der Waals surface area contributed by atoms with Crippen molar-refractivity contribution in [3.63, 3.8) is 0 Å². The number of halogens is 5. The number of hydrogen-bond donors (Lipinski definition) is 1. The van der Waals surface area contributed by atoms with E-state index >= 15 is 0 Å². The number of rotatable bonds is 3. The second-order valence-corrected chi connectivity index (χ2v) is 5.16. The molecule has 1 aromatic heterocycles. The van der Waals surface area contributed by atoms with Crippen LogP contribution in [0.15, 0.2) is 27.2 Å². The number of nitrogens with zero attached hydrogens (tertiary/aromatic N) is 2. The highest BCUT2D eigenvalue weighted by molar-refractivity contribution is 9.10. The molecule has 0 radical (unpaired) electrons. The van der Waals surface area contributed by atoms with Gasteiger partial charge in [-0.25, -0.2) is 0 Å². The lowest BCUT2D eigenvalue weighted by Crippen LogP contribution is -2.30. The molecule has 0 aliphatic carbocycles. The fourth-order valence-electron chi connectivity index (χ4n) is 1.37. The fourth-order valence-corrected chi connectivity index (χ4v) is 1.87. The molecule has 9 heteroatoms. The van der Waals surface area contributed by atoms with Crippen LogP contribution in [-0.4, -0.2) is 27.5 Å². The summed E-state index contributed by atoms with van der Waals surface area (Å²) in [5.41, 5.74) is 0.526. The summed E-state index contributed by atoms with van der Waals surface area (Å²) in [5.74, 6) is -0.178. The van der Waals surface area contributed by atoms with Gasteiger partial charge in [-0.15, -0.1) is 0 Å². The van der Waals surface area contributed by atoms with Gasteiger partial charge in [-0.3, -0.25) is 0 Å². The fraction of sp³-hybridized carbons (Fsp3) is 0.273. The summed E-state index contributed by atoms with van der Waals surface area (Å²) in [6, 6.07) is 4.79. The van der Waals surface area contributed by atoms with E-state index in [0.717, 1.165) is 0 Å². The quantitative estimate of drug-likeness (QED) is 0.895. The first-order chi connectivity index (χ1) is 9.27. The summed E-state index contributed by atoms with van der Waals surface area (Å²) in [4.78, 5) is 3.80. The Morgan fingerprint density at radius 2 is 2.10 bits per heavy atom. The highest BCUT2D eigenvalue weighted by Crippen LogP contribution is 2.28. The van der Waals surface area contributed by atoms with Gasteiger partial charge in [-0.05, 0) is 34.1 Å². The average molecular weight is 372 g/mol. The van der Waals surface area contributed by atoms with Gasteiger partial charge in [0.2, 0.25) is 11.7 Å². The van der Waals surface area contributed by atoms with Crippen molar-refractivity contribution < 1.29 is 22.8 Å². The third-order valence-electron chi connectivity index (χ3n) is 2.39. The Morgan fingerprint density at radius 1 is 1.40 bits per heavy atom. The van der Waals surface area contributed by atoms with E-state index < -0.39 is 18.7 Å². The summed E-state index contributed by atoms with van der Waals surface area (Å²) in [5, 5.41) is 13.0. The Bertz CT molecular complexity index is 618. The Labute approximate surface area is 124 Å². The highest BCUT2D eigenvalue weighted by Gasteiger charge is 2.39. The van der Waals surface area contributed by atoms with Crippen molar-refractivity contribution in [2.45, 2.75) is 18.7 Å². The monoisotopic (exact) mass is 370 g/mol. The molecule has 1 aromatic carbocycles. The summed E-state index contributed by atoms with van der Waals surface area (Å²) >= 11 is 9.03. The van der Waals surface area contributed by atoms with Gasteiger partial charge < -0.3 is 9.63 Å². The largest absolute Gasteiger partial charge is 0.414 e. The van der Waals surface area contributed by atoms with Crippen molar-refractivity contribution in [1.82, 2.24) is 10.1 Å². The van der Waals surface area contributed by atoms with Gasteiger partial charge >= 0.3 is 6.18 Å². The first-order valence-electron chi connectivity index (χ1n) is 5.30. The second-order valence-electron chi connectivity index (χ2n) is 3.90. The summed E-state index contributed by atoms with van der Waals surface area (Å²) in [6.45, 7) is 0. The van der Waals surface area contributed by atoms with Crippen molar-refractivity contribution in [2.75, 3.05) is 0 Å². The van der Waals surface area contributed by atoms with Crippen LogP contribution in [0.4, 0.5) is 13.2 Å². The van der Waals surface area contributed by atoms with Crippen molar-refractivity contribution in [3.05, 3.63) is 33.6 Å². The van der Waals surface area contributed by atoms with Crippen LogP contribution >= 0.6 is 27.5 Å². The minimum absolute atomic E-state index is 0.117. The third-order valence-corrected chi connectivity index (χ3v) is 3.61. The molecule has 1 heterocycles. The van der Waals surface area contributed by atoms with E-state index in [1.807, 2.05) is 0 Å². The second kappa shape index (κ2) is 5.71. The van der Waals surface area contributed by atoms with Gasteiger partial charge in [-0.2, -0.15) is 18.2 Å². The Hall–Kier alpha value is -1.12. The highest BCUT2D eigenvalue weighted by atomic mass is 79.9. The van der Waals surface area contributed by atoms with E-state index in [1.165, 1.54) is 0 Å². The molecular formula is C11H7BrClF3N2O2. The molecule has 108 valence electrons. The van der Waals surface area contributed by atoms with Crippen molar-refractivity contribution in [1.29, 1.82) is 0 Å². The zero-order chi connectivity index (χ0) is 14.9. The number of aliphatic hydroxyl groups excluding tert-OH is 1. The minimum Gasteiger partial charge on any atom is -0.383 e. The van der Waals surface area contributed by atoms with Crippen molar-refractivity contribution in [3.8, 4) is 11.4 Å². The van der Waals surface area contributed by atoms with Crippen LogP contribution in [0.1, 0.15) is 5.89 Å².